The van der Waals surface area contributed by atoms with E-state index in [1.807, 2.05) is 16.3 Å². The van der Waals surface area contributed by atoms with E-state index in [1.165, 1.54) is 6.08 Å². The summed E-state index contributed by atoms with van der Waals surface area (Å²) in [5.74, 6) is -0.336. The van der Waals surface area contributed by atoms with Gasteiger partial charge in [-0.1, -0.05) is 57.3 Å². The molecule has 0 saturated carbocycles. The number of sulfonamides is 2. The average Bonchev–Trinajstić information content (AvgIpc) is 2.57. The summed E-state index contributed by atoms with van der Waals surface area (Å²) in [6, 6.07) is 0. The number of rotatable bonds is 10. The summed E-state index contributed by atoms with van der Waals surface area (Å²) in [7, 11) is -8.12. The third kappa shape index (κ3) is 5.56. The van der Waals surface area contributed by atoms with Crippen molar-refractivity contribution in [2.75, 3.05) is 5.75 Å². The SMILES string of the molecule is CCCCCCCCS(=O)(=O)NS(=O)(=O)C1=CC=CC2CC=CC(N)=C12. The van der Waals surface area contributed by atoms with Gasteiger partial charge in [0.15, 0.2) is 0 Å². The Morgan fingerprint density at radius 3 is 2.54 bits per heavy atom. The molecule has 0 saturated heterocycles. The van der Waals surface area contributed by atoms with Gasteiger partial charge in [0.25, 0.3) is 10.0 Å². The molecule has 2 rings (SSSR count). The van der Waals surface area contributed by atoms with Crippen LogP contribution in [-0.2, 0) is 20.0 Å². The van der Waals surface area contributed by atoms with Crippen LogP contribution in [0.15, 0.2) is 46.6 Å². The van der Waals surface area contributed by atoms with Crippen molar-refractivity contribution in [1.29, 1.82) is 0 Å². The van der Waals surface area contributed by atoms with E-state index in [9.17, 15) is 16.8 Å². The topological polar surface area (TPSA) is 106 Å². The van der Waals surface area contributed by atoms with E-state index in [0.29, 0.717) is 24.1 Å². The Balaban J connectivity index is 2.04. The molecule has 26 heavy (non-hydrogen) atoms. The molecular formula is C18H28N2O4S2. The van der Waals surface area contributed by atoms with E-state index in [1.54, 1.807) is 12.2 Å². The molecule has 146 valence electrons. The lowest BCUT2D eigenvalue weighted by atomic mass is 9.86. The normalized spacial score (nSPS) is 20.2. The summed E-state index contributed by atoms with van der Waals surface area (Å²) < 4.78 is 51.7. The maximum Gasteiger partial charge on any atom is 0.253 e. The van der Waals surface area contributed by atoms with Crippen LogP contribution in [-0.4, -0.2) is 22.6 Å². The average molecular weight is 401 g/mol. The second-order valence-corrected chi connectivity index (χ2v) is 10.5. The third-order valence-electron chi connectivity index (χ3n) is 4.52. The highest BCUT2D eigenvalue weighted by molar-refractivity contribution is 8.06. The summed E-state index contributed by atoms with van der Waals surface area (Å²) in [5, 5.41) is 0. The Bertz CT molecular complexity index is 834. The number of nitrogens with one attached hydrogen (secondary N) is 1. The van der Waals surface area contributed by atoms with Crippen LogP contribution in [0.5, 0.6) is 0 Å². The van der Waals surface area contributed by atoms with E-state index >= 15 is 0 Å². The van der Waals surface area contributed by atoms with E-state index in [-0.39, 0.29) is 16.6 Å². The molecule has 1 atom stereocenters. The standard InChI is InChI=1S/C18H28N2O4S2/c1-2-3-4-5-6-7-14-25(21,22)20-26(23,24)17-13-9-11-15-10-8-12-16(19)18(15)17/h8-9,11-13,15,20H,2-7,10,14,19H2,1H3. The van der Waals surface area contributed by atoms with Crippen LogP contribution >= 0.6 is 0 Å². The highest BCUT2D eigenvalue weighted by Gasteiger charge is 2.32. The van der Waals surface area contributed by atoms with Crippen LogP contribution in [0.25, 0.3) is 0 Å². The zero-order valence-corrected chi connectivity index (χ0v) is 16.8. The van der Waals surface area contributed by atoms with Crippen molar-refractivity contribution in [1.82, 2.24) is 4.13 Å². The summed E-state index contributed by atoms with van der Waals surface area (Å²) in [4.78, 5) is -0.0571. The molecule has 0 aliphatic heterocycles. The lowest BCUT2D eigenvalue weighted by Gasteiger charge is -2.25. The van der Waals surface area contributed by atoms with Gasteiger partial charge in [-0.3, -0.25) is 0 Å². The zero-order chi connectivity index (χ0) is 19.2. The van der Waals surface area contributed by atoms with Crippen molar-refractivity contribution in [2.45, 2.75) is 51.9 Å². The Labute approximate surface area is 157 Å². The molecule has 0 fully saturated rings. The van der Waals surface area contributed by atoms with Crippen molar-refractivity contribution in [2.24, 2.45) is 11.7 Å². The quantitative estimate of drug-likeness (QED) is 0.549. The molecule has 0 aromatic carbocycles. The first-order valence-corrected chi connectivity index (χ1v) is 12.2. The Kier molecular flexibility index (Phi) is 7.25. The van der Waals surface area contributed by atoms with Gasteiger partial charge >= 0.3 is 0 Å². The Morgan fingerprint density at radius 2 is 1.81 bits per heavy atom. The van der Waals surface area contributed by atoms with E-state index in [4.69, 9.17) is 5.73 Å². The van der Waals surface area contributed by atoms with Crippen molar-refractivity contribution in [3.63, 3.8) is 0 Å². The number of fused-ring (bicyclic) bond motifs is 1. The van der Waals surface area contributed by atoms with Crippen molar-refractivity contribution in [3.05, 3.63) is 46.6 Å². The van der Waals surface area contributed by atoms with Gasteiger partial charge in [0.2, 0.25) is 10.0 Å². The lowest BCUT2D eigenvalue weighted by molar-refractivity contribution is 0.572. The predicted molar refractivity (Wildman–Crippen MR) is 105 cm³/mol. The van der Waals surface area contributed by atoms with Gasteiger partial charge in [0.05, 0.1) is 10.7 Å². The second kappa shape index (κ2) is 9.01. The first-order valence-electron chi connectivity index (χ1n) is 9.08. The fourth-order valence-electron chi connectivity index (χ4n) is 3.19. The van der Waals surface area contributed by atoms with Gasteiger partial charge < -0.3 is 5.73 Å². The molecule has 2 aliphatic carbocycles. The fourth-order valence-corrected chi connectivity index (χ4v) is 6.62. The van der Waals surface area contributed by atoms with Crippen LogP contribution in [0.4, 0.5) is 0 Å². The summed E-state index contributed by atoms with van der Waals surface area (Å²) in [5.41, 5.74) is 6.78. The van der Waals surface area contributed by atoms with Gasteiger partial charge in [-0.05, 0) is 25.0 Å². The molecule has 0 aromatic rings. The number of unbranched alkanes of at least 4 members (excludes halogenated alkanes) is 5. The molecule has 0 bridgehead atoms. The summed E-state index contributed by atoms with van der Waals surface area (Å²) in [6.45, 7) is 2.11. The molecule has 3 N–H and O–H groups in total. The molecular weight excluding hydrogens is 372 g/mol. The molecule has 1 unspecified atom stereocenters. The largest absolute Gasteiger partial charge is 0.398 e. The molecule has 6 nitrogen and oxygen atoms in total. The van der Waals surface area contributed by atoms with Gasteiger partial charge in [0, 0.05) is 17.2 Å². The van der Waals surface area contributed by atoms with Gasteiger partial charge in [0.1, 0.15) is 0 Å². The molecule has 8 heteroatoms. The van der Waals surface area contributed by atoms with Crippen molar-refractivity contribution in [3.8, 4) is 0 Å². The van der Waals surface area contributed by atoms with E-state index < -0.39 is 20.0 Å². The zero-order valence-electron chi connectivity index (χ0n) is 15.1. The minimum Gasteiger partial charge on any atom is -0.398 e. The van der Waals surface area contributed by atoms with Gasteiger partial charge in [-0.25, -0.2) is 16.8 Å². The summed E-state index contributed by atoms with van der Waals surface area (Å²) >= 11 is 0. The van der Waals surface area contributed by atoms with Crippen LogP contribution in [0.1, 0.15) is 51.9 Å². The van der Waals surface area contributed by atoms with Crippen molar-refractivity contribution < 1.29 is 16.8 Å². The maximum atomic E-state index is 12.7. The number of hydrogen-bond donors (Lipinski definition) is 2. The minimum atomic E-state index is -4.20. The fraction of sp³-hybridized carbons (Fsp3) is 0.556. The van der Waals surface area contributed by atoms with Crippen molar-refractivity contribution >= 4 is 20.0 Å². The van der Waals surface area contributed by atoms with E-state index in [2.05, 4.69) is 6.92 Å². The molecule has 0 heterocycles. The van der Waals surface area contributed by atoms with Crippen LogP contribution in [0, 0.1) is 5.92 Å². The molecule has 0 amide bonds. The number of nitrogens with two attached hydrogens (primary N) is 1. The summed E-state index contributed by atoms with van der Waals surface area (Å²) in [6.07, 6.45) is 14.6. The van der Waals surface area contributed by atoms with Crippen LogP contribution in [0.3, 0.4) is 0 Å². The lowest BCUT2D eigenvalue weighted by Crippen LogP contribution is -2.35. The Hall–Kier alpha value is -1.38. The van der Waals surface area contributed by atoms with E-state index in [0.717, 1.165) is 32.1 Å². The molecule has 0 radical (unpaired) electrons. The highest BCUT2D eigenvalue weighted by Crippen LogP contribution is 2.35. The minimum absolute atomic E-state index is 0.0571. The second-order valence-electron chi connectivity index (χ2n) is 6.70. The Morgan fingerprint density at radius 1 is 1.12 bits per heavy atom. The monoisotopic (exact) mass is 400 g/mol. The predicted octanol–water partition coefficient (Wildman–Crippen LogP) is 2.84. The molecule has 0 aromatic heterocycles. The maximum absolute atomic E-state index is 12.7. The molecule has 0 spiro atoms. The highest BCUT2D eigenvalue weighted by atomic mass is 32.3. The van der Waals surface area contributed by atoms with Crippen LogP contribution in [0.2, 0.25) is 0 Å². The smallest absolute Gasteiger partial charge is 0.253 e. The first kappa shape index (κ1) is 20.9. The third-order valence-corrected chi connectivity index (χ3v) is 8.17. The number of hydrogen-bond acceptors (Lipinski definition) is 5. The van der Waals surface area contributed by atoms with Crippen LogP contribution < -0.4 is 9.86 Å². The molecule has 2 aliphatic rings. The van der Waals surface area contributed by atoms with Gasteiger partial charge in [-0.15, -0.1) is 4.13 Å². The number of allylic oxidation sites excluding steroid dienone is 6. The van der Waals surface area contributed by atoms with Gasteiger partial charge in [-0.2, -0.15) is 0 Å². The first-order chi connectivity index (χ1) is 12.3.